The van der Waals surface area contributed by atoms with Crippen LogP contribution in [0.5, 0.6) is 5.88 Å². The molecule has 0 unspecified atom stereocenters. The van der Waals surface area contributed by atoms with E-state index in [2.05, 4.69) is 20.4 Å². The zero-order valence-corrected chi connectivity index (χ0v) is 16.2. The molecule has 0 radical (unpaired) electrons. The van der Waals surface area contributed by atoms with Gasteiger partial charge in [-0.2, -0.15) is 9.97 Å². The molecule has 7 nitrogen and oxygen atoms in total. The van der Waals surface area contributed by atoms with Crippen LogP contribution in [0.25, 0.3) is 11.4 Å². The lowest BCUT2D eigenvalue weighted by Gasteiger charge is -2.03. The molecule has 0 atom stereocenters. The molecule has 0 spiro atoms. The number of carbonyl (C=O) groups is 1. The van der Waals surface area contributed by atoms with Crippen molar-refractivity contribution in [2.75, 3.05) is 5.32 Å². The lowest BCUT2D eigenvalue weighted by atomic mass is 10.0. The summed E-state index contributed by atoms with van der Waals surface area (Å²) in [5.41, 5.74) is 3.38. The maximum atomic E-state index is 13.0. The van der Waals surface area contributed by atoms with Gasteiger partial charge in [0, 0.05) is 11.3 Å². The van der Waals surface area contributed by atoms with E-state index >= 15 is 0 Å². The van der Waals surface area contributed by atoms with Gasteiger partial charge in [-0.1, -0.05) is 34.7 Å². The summed E-state index contributed by atoms with van der Waals surface area (Å²) in [6.07, 6.45) is 0. The first-order valence-corrected chi connectivity index (χ1v) is 9.41. The van der Waals surface area contributed by atoms with E-state index in [1.54, 1.807) is 0 Å². The van der Waals surface area contributed by atoms with Gasteiger partial charge < -0.3 is 14.9 Å². The number of rotatable bonds is 5. The van der Waals surface area contributed by atoms with E-state index in [1.165, 1.54) is 24.3 Å². The highest BCUT2D eigenvalue weighted by Crippen LogP contribution is 2.32. The second kappa shape index (κ2) is 7.44. The van der Waals surface area contributed by atoms with Crippen LogP contribution in [0.3, 0.4) is 0 Å². The molecule has 2 heterocycles. The molecule has 0 amide bonds. The molecule has 0 saturated carbocycles. The number of hydrogen-bond donors (Lipinski definition) is 2. The molecule has 9 heteroatoms. The summed E-state index contributed by atoms with van der Waals surface area (Å²) in [6, 6.07) is 11.3. The van der Waals surface area contributed by atoms with Crippen LogP contribution < -0.4 is 5.32 Å². The highest BCUT2D eigenvalue weighted by atomic mass is 32.1. The summed E-state index contributed by atoms with van der Waals surface area (Å²) >= 11 is 0.929. The van der Waals surface area contributed by atoms with Gasteiger partial charge in [-0.25, -0.2) is 4.39 Å². The number of aromatic nitrogens is 3. The number of nitrogens with one attached hydrogen (secondary N) is 1. The fourth-order valence-corrected chi connectivity index (χ4v) is 3.50. The van der Waals surface area contributed by atoms with Gasteiger partial charge >= 0.3 is 0 Å². The first kappa shape index (κ1) is 18.8. The molecule has 0 aliphatic heterocycles. The molecule has 0 aliphatic rings. The predicted molar refractivity (Wildman–Crippen MR) is 106 cm³/mol. The number of hydrogen-bond acceptors (Lipinski definition) is 8. The molecule has 0 aliphatic carbocycles. The maximum Gasteiger partial charge on any atom is 0.300 e. The van der Waals surface area contributed by atoms with Gasteiger partial charge in [0.25, 0.3) is 11.7 Å². The molecule has 29 heavy (non-hydrogen) atoms. The van der Waals surface area contributed by atoms with Crippen molar-refractivity contribution in [2.24, 2.45) is 0 Å². The number of benzene rings is 2. The normalized spacial score (nSPS) is 10.9. The molecule has 2 N–H and O–H groups in total. The zero-order chi connectivity index (χ0) is 20.5. The molecule has 0 bridgehead atoms. The smallest absolute Gasteiger partial charge is 0.300 e. The fourth-order valence-electron chi connectivity index (χ4n) is 2.69. The second-order valence-electron chi connectivity index (χ2n) is 6.30. The number of aryl methyl sites for hydroxylation is 1. The molecule has 146 valence electrons. The standard InChI is InChI=1S/C20H15FN4O3S/c1-10-4-3-5-14(11(10)2)17-23-19(28-25-17)15(26)16-18(27)24-20(29-16)22-13-8-6-12(21)7-9-13/h3-9,27H,1-2H3,(H,22,24). The van der Waals surface area contributed by atoms with E-state index in [0.717, 1.165) is 28.0 Å². The van der Waals surface area contributed by atoms with Crippen LogP contribution in [0.4, 0.5) is 15.2 Å². The second-order valence-corrected chi connectivity index (χ2v) is 7.30. The van der Waals surface area contributed by atoms with Crippen LogP contribution in [0.15, 0.2) is 47.0 Å². The van der Waals surface area contributed by atoms with Crippen molar-refractivity contribution >= 4 is 27.9 Å². The fraction of sp³-hybridized carbons (Fsp3) is 0.100. The van der Waals surface area contributed by atoms with Gasteiger partial charge in [-0.3, -0.25) is 4.79 Å². The molecular weight excluding hydrogens is 395 g/mol. The number of thiazole rings is 1. The summed E-state index contributed by atoms with van der Waals surface area (Å²) in [5, 5.41) is 17.1. The summed E-state index contributed by atoms with van der Waals surface area (Å²) in [4.78, 5) is 20.8. The Morgan fingerprint density at radius 1 is 1.14 bits per heavy atom. The Balaban J connectivity index is 1.59. The molecular formula is C20H15FN4O3S. The summed E-state index contributed by atoms with van der Waals surface area (Å²) in [5.74, 6) is -1.40. The Morgan fingerprint density at radius 2 is 1.90 bits per heavy atom. The summed E-state index contributed by atoms with van der Waals surface area (Å²) < 4.78 is 18.1. The minimum atomic E-state index is -0.629. The predicted octanol–water partition coefficient (Wildman–Crippen LogP) is 4.63. The Hall–Kier alpha value is -3.59. The minimum Gasteiger partial charge on any atom is -0.492 e. The van der Waals surface area contributed by atoms with E-state index in [9.17, 15) is 14.3 Å². The maximum absolute atomic E-state index is 13.0. The lowest BCUT2D eigenvalue weighted by Crippen LogP contribution is -1.99. The van der Waals surface area contributed by atoms with Crippen molar-refractivity contribution in [1.29, 1.82) is 0 Å². The van der Waals surface area contributed by atoms with Crippen molar-refractivity contribution < 1.29 is 18.8 Å². The zero-order valence-electron chi connectivity index (χ0n) is 15.4. The summed E-state index contributed by atoms with van der Waals surface area (Å²) in [7, 11) is 0. The quantitative estimate of drug-likeness (QED) is 0.463. The monoisotopic (exact) mass is 410 g/mol. The molecule has 2 aromatic heterocycles. The highest BCUT2D eigenvalue weighted by Gasteiger charge is 2.25. The number of halogens is 1. The lowest BCUT2D eigenvalue weighted by molar-refractivity contribution is 0.0995. The Labute approximate surface area is 168 Å². The van der Waals surface area contributed by atoms with Crippen LogP contribution in [0, 0.1) is 19.7 Å². The SMILES string of the molecule is Cc1cccc(-c2noc(C(=O)c3sc(Nc4ccc(F)cc4)nc3O)n2)c1C. The highest BCUT2D eigenvalue weighted by molar-refractivity contribution is 7.18. The van der Waals surface area contributed by atoms with Gasteiger partial charge in [-0.05, 0) is 49.2 Å². The van der Waals surface area contributed by atoms with Gasteiger partial charge in [0.1, 0.15) is 10.7 Å². The van der Waals surface area contributed by atoms with Crippen LogP contribution >= 0.6 is 11.3 Å². The van der Waals surface area contributed by atoms with E-state index in [4.69, 9.17) is 4.52 Å². The Kier molecular flexibility index (Phi) is 4.81. The topological polar surface area (TPSA) is 101 Å². The largest absolute Gasteiger partial charge is 0.492 e. The third kappa shape index (κ3) is 3.72. The Bertz CT molecular complexity index is 1200. The average Bonchev–Trinajstić information content (AvgIpc) is 3.32. The number of aromatic hydroxyl groups is 1. The van der Waals surface area contributed by atoms with Gasteiger partial charge in [-0.15, -0.1) is 0 Å². The summed E-state index contributed by atoms with van der Waals surface area (Å²) in [6.45, 7) is 3.90. The van der Waals surface area contributed by atoms with E-state index in [1.807, 2.05) is 32.0 Å². The molecule has 4 aromatic rings. The number of ketones is 1. The van der Waals surface area contributed by atoms with Crippen LogP contribution in [-0.4, -0.2) is 26.0 Å². The van der Waals surface area contributed by atoms with Gasteiger partial charge in [0.2, 0.25) is 11.7 Å². The number of nitrogens with zero attached hydrogens (tertiary/aromatic N) is 3. The Morgan fingerprint density at radius 3 is 2.66 bits per heavy atom. The van der Waals surface area contributed by atoms with Crippen LogP contribution in [0.2, 0.25) is 0 Å². The number of carbonyl (C=O) groups excluding carboxylic acids is 1. The van der Waals surface area contributed by atoms with Gasteiger partial charge in [0.15, 0.2) is 5.13 Å². The van der Waals surface area contributed by atoms with Crippen molar-refractivity contribution in [1.82, 2.24) is 15.1 Å². The van der Waals surface area contributed by atoms with Crippen LogP contribution in [-0.2, 0) is 0 Å². The molecule has 2 aromatic carbocycles. The van der Waals surface area contributed by atoms with E-state index in [-0.39, 0.29) is 21.7 Å². The number of anilines is 2. The minimum absolute atomic E-state index is 0.0363. The van der Waals surface area contributed by atoms with Gasteiger partial charge in [0.05, 0.1) is 0 Å². The van der Waals surface area contributed by atoms with E-state index < -0.39 is 11.7 Å². The average molecular weight is 410 g/mol. The molecule has 0 fully saturated rings. The van der Waals surface area contributed by atoms with E-state index in [0.29, 0.717) is 11.5 Å². The van der Waals surface area contributed by atoms with Crippen LogP contribution in [0.1, 0.15) is 26.7 Å². The first-order chi connectivity index (χ1) is 13.9. The van der Waals surface area contributed by atoms with Crippen molar-refractivity contribution in [3.05, 3.63) is 70.2 Å². The molecule has 4 rings (SSSR count). The van der Waals surface area contributed by atoms with Crippen molar-refractivity contribution in [3.63, 3.8) is 0 Å². The molecule has 0 saturated heterocycles. The van der Waals surface area contributed by atoms with Crippen molar-refractivity contribution in [3.8, 4) is 17.3 Å². The van der Waals surface area contributed by atoms with Crippen molar-refractivity contribution in [2.45, 2.75) is 13.8 Å². The third-order valence-corrected chi connectivity index (χ3v) is 5.34. The first-order valence-electron chi connectivity index (χ1n) is 8.60. The third-order valence-electron chi connectivity index (χ3n) is 4.38.